The smallest absolute Gasteiger partial charge is 0.227 e. The van der Waals surface area contributed by atoms with Gasteiger partial charge in [-0.15, -0.1) is 0 Å². The third-order valence-electron chi connectivity index (χ3n) is 8.02. The zero-order valence-corrected chi connectivity index (χ0v) is 22.0. The van der Waals surface area contributed by atoms with Gasteiger partial charge in [-0.1, -0.05) is 49.5 Å². The van der Waals surface area contributed by atoms with Crippen molar-refractivity contribution in [2.45, 2.75) is 69.9 Å². The Balaban J connectivity index is 1.44. The molecular formula is C28H39NO4Si. The Bertz CT molecular complexity index is 959. The fraction of sp³-hybridized carbons (Fsp3) is 0.536. The van der Waals surface area contributed by atoms with Gasteiger partial charge in [0.1, 0.15) is 5.75 Å². The summed E-state index contributed by atoms with van der Waals surface area (Å²) in [6.07, 6.45) is 4.50. The van der Waals surface area contributed by atoms with Gasteiger partial charge in [0.25, 0.3) is 0 Å². The van der Waals surface area contributed by atoms with Crippen LogP contribution in [0.15, 0.2) is 48.5 Å². The van der Waals surface area contributed by atoms with Gasteiger partial charge in [0, 0.05) is 25.3 Å². The number of amides is 1. The number of aliphatic hydroxyl groups excluding tert-OH is 1. The van der Waals surface area contributed by atoms with Gasteiger partial charge in [0.2, 0.25) is 5.91 Å². The second kappa shape index (κ2) is 10.6. The van der Waals surface area contributed by atoms with Crippen molar-refractivity contribution < 1.29 is 19.4 Å². The number of anilines is 1. The molecular weight excluding hydrogens is 442 g/mol. The number of aryl methyl sites for hydroxylation is 1. The first-order chi connectivity index (χ1) is 16.3. The molecule has 0 radical (unpaired) electrons. The molecule has 2 aromatic rings. The Labute approximate surface area is 205 Å². The molecule has 1 amide bonds. The van der Waals surface area contributed by atoms with Crippen LogP contribution in [0.25, 0.3) is 0 Å². The molecule has 4 rings (SSSR count). The van der Waals surface area contributed by atoms with E-state index in [9.17, 15) is 9.90 Å². The molecule has 1 N–H and O–H groups in total. The highest BCUT2D eigenvalue weighted by atomic mass is 28.3. The minimum absolute atomic E-state index is 0.0947. The van der Waals surface area contributed by atoms with Gasteiger partial charge in [-0.05, 0) is 67.0 Å². The minimum Gasteiger partial charge on any atom is -0.497 e. The van der Waals surface area contributed by atoms with Gasteiger partial charge in [-0.3, -0.25) is 4.79 Å². The number of aliphatic hydroxyl groups is 1. The molecule has 184 valence electrons. The molecule has 2 aromatic carbocycles. The van der Waals surface area contributed by atoms with E-state index in [2.05, 4.69) is 68.5 Å². The molecule has 6 heteroatoms. The lowest BCUT2D eigenvalue weighted by atomic mass is 9.95. The van der Waals surface area contributed by atoms with Crippen LogP contribution in [0.4, 0.5) is 5.69 Å². The Hall–Kier alpha value is -2.15. The molecule has 2 fully saturated rings. The van der Waals surface area contributed by atoms with E-state index in [1.54, 1.807) is 7.11 Å². The molecule has 0 aliphatic carbocycles. The van der Waals surface area contributed by atoms with Crippen LogP contribution in [0.3, 0.4) is 0 Å². The topological polar surface area (TPSA) is 59.0 Å². The number of carbonyl (C=O) groups is 1. The second-order valence-corrected chi connectivity index (χ2v) is 15.1. The minimum atomic E-state index is -1.85. The Morgan fingerprint density at radius 2 is 1.76 bits per heavy atom. The first kappa shape index (κ1) is 25.0. The summed E-state index contributed by atoms with van der Waals surface area (Å²) >= 11 is 0. The van der Waals surface area contributed by atoms with E-state index in [0.717, 1.165) is 37.2 Å². The maximum Gasteiger partial charge on any atom is 0.227 e. The van der Waals surface area contributed by atoms with Crippen molar-refractivity contribution in [1.29, 1.82) is 0 Å². The highest BCUT2D eigenvalue weighted by Crippen LogP contribution is 2.46. The average molecular weight is 482 g/mol. The van der Waals surface area contributed by atoms with E-state index >= 15 is 0 Å². The molecule has 0 aromatic heterocycles. The van der Waals surface area contributed by atoms with Crippen LogP contribution in [0, 0.1) is 5.92 Å². The molecule has 2 aliphatic heterocycles. The first-order valence-electron chi connectivity index (χ1n) is 12.6. The second-order valence-electron chi connectivity index (χ2n) is 10.4. The summed E-state index contributed by atoms with van der Waals surface area (Å²) in [6.45, 7) is 8.19. The van der Waals surface area contributed by atoms with Gasteiger partial charge < -0.3 is 19.5 Å². The maximum atomic E-state index is 12.0. The SMILES string of the molecule is COc1ccc([Si](C)(C)[C@H]2[C@H](C)[C@H](CCc3ccc(N4CCCC4=O)cc3)O[C@@H]2CCO)cc1. The lowest BCUT2D eigenvalue weighted by Crippen LogP contribution is -2.50. The molecule has 2 aliphatic rings. The number of rotatable bonds is 9. The van der Waals surface area contributed by atoms with Crippen molar-refractivity contribution in [2.24, 2.45) is 5.92 Å². The van der Waals surface area contributed by atoms with E-state index in [1.165, 1.54) is 10.8 Å². The van der Waals surface area contributed by atoms with E-state index in [4.69, 9.17) is 9.47 Å². The molecule has 5 nitrogen and oxygen atoms in total. The van der Waals surface area contributed by atoms with Crippen molar-refractivity contribution in [3.63, 3.8) is 0 Å². The predicted octanol–water partition coefficient (Wildman–Crippen LogP) is 4.53. The summed E-state index contributed by atoms with van der Waals surface area (Å²) < 4.78 is 12.0. The number of hydrogen-bond acceptors (Lipinski definition) is 4. The summed E-state index contributed by atoms with van der Waals surface area (Å²) in [6, 6.07) is 17.0. The van der Waals surface area contributed by atoms with E-state index in [1.807, 2.05) is 4.90 Å². The third kappa shape index (κ3) is 5.09. The standard InChI is InChI=1S/C28H39NO4Si/c1-20-25(16-9-21-7-10-22(11-8-21)29-18-5-6-27(29)31)33-26(17-19-30)28(20)34(3,4)24-14-12-23(32-2)13-15-24/h7-8,10-15,20,25-26,28,30H,5-6,9,16-19H2,1-4H3/t20-,25+,26-,28+/m1/s1. The lowest BCUT2D eigenvalue weighted by Gasteiger charge is -2.36. The number of ether oxygens (including phenoxy) is 2. The molecule has 34 heavy (non-hydrogen) atoms. The van der Waals surface area contributed by atoms with Crippen molar-refractivity contribution in [1.82, 2.24) is 0 Å². The summed E-state index contributed by atoms with van der Waals surface area (Å²) in [7, 11) is -0.154. The average Bonchev–Trinajstić information content (AvgIpc) is 3.41. The van der Waals surface area contributed by atoms with Crippen LogP contribution in [0.1, 0.15) is 38.2 Å². The van der Waals surface area contributed by atoms with Crippen LogP contribution in [-0.2, 0) is 16.0 Å². The molecule has 0 saturated carbocycles. The van der Waals surface area contributed by atoms with E-state index < -0.39 is 8.07 Å². The van der Waals surface area contributed by atoms with Gasteiger partial charge in [0.05, 0.1) is 27.4 Å². The Morgan fingerprint density at radius 1 is 1.06 bits per heavy atom. The van der Waals surface area contributed by atoms with Crippen molar-refractivity contribution >= 4 is 24.9 Å². The summed E-state index contributed by atoms with van der Waals surface area (Å²) in [4.78, 5) is 13.9. The highest BCUT2D eigenvalue weighted by molar-refractivity contribution is 6.91. The largest absolute Gasteiger partial charge is 0.497 e. The Kier molecular flexibility index (Phi) is 7.80. The number of methoxy groups -OCH3 is 1. The third-order valence-corrected chi connectivity index (χ3v) is 12.4. The molecule has 2 saturated heterocycles. The van der Waals surface area contributed by atoms with Crippen molar-refractivity contribution in [3.8, 4) is 5.75 Å². The van der Waals surface area contributed by atoms with Crippen molar-refractivity contribution in [3.05, 3.63) is 54.1 Å². The highest BCUT2D eigenvalue weighted by Gasteiger charge is 2.50. The summed E-state index contributed by atoms with van der Waals surface area (Å²) in [5.41, 5.74) is 2.73. The van der Waals surface area contributed by atoms with Crippen LogP contribution in [0.2, 0.25) is 18.6 Å². The van der Waals surface area contributed by atoms with E-state index in [-0.39, 0.29) is 24.7 Å². The molecule has 0 bridgehead atoms. The number of carbonyl (C=O) groups excluding carboxylic acids is 1. The quantitative estimate of drug-likeness (QED) is 0.535. The van der Waals surface area contributed by atoms with Crippen LogP contribution in [-0.4, -0.2) is 51.6 Å². The van der Waals surface area contributed by atoms with Crippen LogP contribution < -0.4 is 14.8 Å². The van der Waals surface area contributed by atoms with Gasteiger partial charge in [0.15, 0.2) is 0 Å². The van der Waals surface area contributed by atoms with Crippen LogP contribution in [0.5, 0.6) is 5.75 Å². The maximum absolute atomic E-state index is 12.0. The van der Waals surface area contributed by atoms with Gasteiger partial charge in [-0.2, -0.15) is 0 Å². The molecule has 4 atom stereocenters. The zero-order valence-electron chi connectivity index (χ0n) is 21.0. The summed E-state index contributed by atoms with van der Waals surface area (Å²) in [5, 5.41) is 11.2. The molecule has 0 spiro atoms. The normalized spacial score (nSPS) is 25.2. The zero-order chi connectivity index (χ0) is 24.3. The van der Waals surface area contributed by atoms with Crippen LogP contribution >= 0.6 is 0 Å². The number of nitrogens with zero attached hydrogens (tertiary/aromatic N) is 1. The number of benzene rings is 2. The lowest BCUT2D eigenvalue weighted by molar-refractivity contribution is -0.117. The van der Waals surface area contributed by atoms with Gasteiger partial charge in [-0.25, -0.2) is 0 Å². The molecule has 0 unspecified atom stereocenters. The summed E-state index contributed by atoms with van der Waals surface area (Å²) in [5.74, 6) is 1.54. The van der Waals surface area contributed by atoms with E-state index in [0.29, 0.717) is 24.3 Å². The Morgan fingerprint density at radius 3 is 2.35 bits per heavy atom. The fourth-order valence-corrected chi connectivity index (χ4v) is 10.2. The van der Waals surface area contributed by atoms with Crippen molar-refractivity contribution in [2.75, 3.05) is 25.2 Å². The molecule has 2 heterocycles. The first-order valence-corrected chi connectivity index (χ1v) is 15.7. The van der Waals surface area contributed by atoms with Gasteiger partial charge >= 0.3 is 0 Å². The monoisotopic (exact) mass is 481 g/mol. The number of hydrogen-bond donors (Lipinski definition) is 1. The fourth-order valence-electron chi connectivity index (χ4n) is 6.12. The predicted molar refractivity (Wildman–Crippen MR) is 140 cm³/mol.